The van der Waals surface area contributed by atoms with Gasteiger partial charge in [-0.3, -0.25) is 14.5 Å². The van der Waals surface area contributed by atoms with Crippen LogP contribution in [0.25, 0.3) is 6.08 Å². The van der Waals surface area contributed by atoms with E-state index in [1.165, 1.54) is 11.8 Å². The molecule has 0 radical (unpaired) electrons. The van der Waals surface area contributed by atoms with E-state index in [0.29, 0.717) is 29.0 Å². The fraction of sp³-hybridized carbons (Fsp3) is 0.389. The summed E-state index contributed by atoms with van der Waals surface area (Å²) >= 11 is 7.37. The van der Waals surface area contributed by atoms with Crippen LogP contribution in [0.3, 0.4) is 0 Å². The smallest absolute Gasteiger partial charge is 0.316 e. The van der Waals surface area contributed by atoms with Gasteiger partial charge in [-0.25, -0.2) is 4.99 Å². The second-order valence-corrected chi connectivity index (χ2v) is 7.20. The zero-order valence-electron chi connectivity index (χ0n) is 14.5. The Balaban J connectivity index is 2.24. The van der Waals surface area contributed by atoms with Crippen LogP contribution < -0.4 is 0 Å². The first-order chi connectivity index (χ1) is 11.9. The summed E-state index contributed by atoms with van der Waals surface area (Å²) in [5.41, 5.74) is 1.05. The molecule has 0 aromatic heterocycles. The van der Waals surface area contributed by atoms with Crippen molar-refractivity contribution in [1.29, 1.82) is 0 Å². The summed E-state index contributed by atoms with van der Waals surface area (Å²) in [6.07, 6.45) is 1.68. The molecule has 1 heterocycles. The van der Waals surface area contributed by atoms with Crippen molar-refractivity contribution in [2.75, 3.05) is 18.9 Å². The summed E-state index contributed by atoms with van der Waals surface area (Å²) in [5, 5.41) is 1.08. The Morgan fingerprint density at radius 1 is 1.40 bits per heavy atom. The van der Waals surface area contributed by atoms with E-state index in [9.17, 15) is 9.59 Å². The van der Waals surface area contributed by atoms with Gasteiger partial charge in [-0.15, -0.1) is 0 Å². The Labute approximate surface area is 157 Å². The first-order valence-corrected chi connectivity index (χ1v) is 9.44. The Hall–Kier alpha value is -1.79. The van der Waals surface area contributed by atoms with Gasteiger partial charge in [-0.05, 0) is 30.5 Å². The fourth-order valence-corrected chi connectivity index (χ4v) is 3.23. The van der Waals surface area contributed by atoms with E-state index in [-0.39, 0.29) is 23.5 Å². The van der Waals surface area contributed by atoms with E-state index >= 15 is 0 Å². The molecule has 0 saturated carbocycles. The SMILES string of the molecule is CCOC(=O)CSC1=N/C(=C\c2ccccc2Cl)C(=O)N1CC(C)C. The van der Waals surface area contributed by atoms with E-state index in [0.717, 1.165) is 5.56 Å². The van der Waals surface area contributed by atoms with Crippen LogP contribution in [0.15, 0.2) is 35.0 Å². The topological polar surface area (TPSA) is 59.0 Å². The number of carbonyl (C=O) groups is 2. The number of aliphatic imine (C=N–C) groups is 1. The number of rotatable bonds is 6. The molecule has 0 unspecified atom stereocenters. The van der Waals surface area contributed by atoms with Crippen LogP contribution in [0.5, 0.6) is 0 Å². The highest BCUT2D eigenvalue weighted by Gasteiger charge is 2.31. The van der Waals surface area contributed by atoms with Crippen LogP contribution >= 0.6 is 23.4 Å². The lowest BCUT2D eigenvalue weighted by Crippen LogP contribution is -2.34. The monoisotopic (exact) mass is 380 g/mol. The number of carbonyl (C=O) groups excluding carboxylic acids is 2. The molecule has 1 aliphatic rings. The molecule has 0 saturated heterocycles. The maximum Gasteiger partial charge on any atom is 0.316 e. The second-order valence-electron chi connectivity index (χ2n) is 5.85. The van der Waals surface area contributed by atoms with Gasteiger partial charge in [0, 0.05) is 11.6 Å². The van der Waals surface area contributed by atoms with Crippen molar-refractivity contribution in [3.63, 3.8) is 0 Å². The zero-order valence-corrected chi connectivity index (χ0v) is 16.1. The number of halogens is 1. The molecule has 1 aliphatic heterocycles. The van der Waals surface area contributed by atoms with Gasteiger partial charge in [-0.2, -0.15) is 0 Å². The van der Waals surface area contributed by atoms with Crippen molar-refractivity contribution in [3.8, 4) is 0 Å². The number of esters is 1. The molecule has 0 atom stereocenters. The molecular formula is C18H21ClN2O3S. The molecule has 5 nitrogen and oxygen atoms in total. The Kier molecular flexibility index (Phi) is 7.08. The largest absolute Gasteiger partial charge is 0.465 e. The summed E-state index contributed by atoms with van der Waals surface area (Å²) in [4.78, 5) is 30.3. The van der Waals surface area contributed by atoms with Crippen molar-refractivity contribution in [2.45, 2.75) is 20.8 Å². The average Bonchev–Trinajstić information content (AvgIpc) is 2.84. The first kappa shape index (κ1) is 19.5. The number of amides is 1. The fourth-order valence-electron chi connectivity index (χ4n) is 2.23. The molecule has 1 amide bonds. The summed E-state index contributed by atoms with van der Waals surface area (Å²) < 4.78 is 4.93. The van der Waals surface area contributed by atoms with Gasteiger partial charge < -0.3 is 4.74 Å². The maximum atomic E-state index is 12.7. The number of thioether (sulfide) groups is 1. The third-order valence-corrected chi connectivity index (χ3v) is 4.57. The summed E-state index contributed by atoms with van der Waals surface area (Å²) in [6.45, 7) is 6.67. The molecule has 1 aromatic carbocycles. The standard InChI is InChI=1S/C18H21ClN2O3S/c1-4-24-16(22)11-25-18-20-15(17(23)21(18)10-12(2)3)9-13-7-5-6-8-14(13)19/h5-9,12H,4,10-11H2,1-3H3/b15-9-. The van der Waals surface area contributed by atoms with Gasteiger partial charge in [0.2, 0.25) is 0 Å². The molecule has 25 heavy (non-hydrogen) atoms. The van der Waals surface area contributed by atoms with Crippen molar-refractivity contribution >= 4 is 46.5 Å². The van der Waals surface area contributed by atoms with E-state index in [1.54, 1.807) is 24.0 Å². The summed E-state index contributed by atoms with van der Waals surface area (Å²) in [6, 6.07) is 7.27. The molecule has 0 aliphatic carbocycles. The predicted molar refractivity (Wildman–Crippen MR) is 103 cm³/mol. The predicted octanol–water partition coefficient (Wildman–Crippen LogP) is 3.83. The number of amidine groups is 1. The average molecular weight is 381 g/mol. The number of benzene rings is 1. The highest BCUT2D eigenvalue weighted by molar-refractivity contribution is 8.14. The van der Waals surface area contributed by atoms with Gasteiger partial charge in [-0.1, -0.05) is 55.4 Å². The molecule has 0 fully saturated rings. The lowest BCUT2D eigenvalue weighted by Gasteiger charge is -2.19. The van der Waals surface area contributed by atoms with E-state index < -0.39 is 0 Å². The molecule has 0 bridgehead atoms. The second kappa shape index (κ2) is 9.06. The molecular weight excluding hydrogens is 360 g/mol. The van der Waals surface area contributed by atoms with Gasteiger partial charge in [0.1, 0.15) is 5.70 Å². The normalized spacial score (nSPS) is 15.9. The van der Waals surface area contributed by atoms with Crippen LogP contribution in [0.2, 0.25) is 5.02 Å². The Bertz CT molecular complexity index is 716. The lowest BCUT2D eigenvalue weighted by atomic mass is 10.2. The number of hydrogen-bond acceptors (Lipinski definition) is 5. The lowest BCUT2D eigenvalue weighted by molar-refractivity contribution is -0.139. The highest BCUT2D eigenvalue weighted by atomic mass is 35.5. The van der Waals surface area contributed by atoms with Crippen molar-refractivity contribution in [1.82, 2.24) is 4.90 Å². The van der Waals surface area contributed by atoms with Gasteiger partial charge >= 0.3 is 5.97 Å². The molecule has 2 rings (SSSR count). The van der Waals surface area contributed by atoms with Gasteiger partial charge in [0.05, 0.1) is 12.4 Å². The minimum atomic E-state index is -0.323. The Morgan fingerprint density at radius 3 is 2.76 bits per heavy atom. The quantitative estimate of drug-likeness (QED) is 0.556. The number of hydrogen-bond donors (Lipinski definition) is 0. The minimum absolute atomic E-state index is 0.119. The number of nitrogens with zero attached hydrogens (tertiary/aromatic N) is 2. The van der Waals surface area contributed by atoms with Crippen molar-refractivity contribution in [2.24, 2.45) is 10.9 Å². The first-order valence-electron chi connectivity index (χ1n) is 8.07. The van der Waals surface area contributed by atoms with Crippen LogP contribution in [-0.4, -0.2) is 40.8 Å². The summed E-state index contributed by atoms with van der Waals surface area (Å²) in [7, 11) is 0. The van der Waals surface area contributed by atoms with Crippen molar-refractivity contribution in [3.05, 3.63) is 40.5 Å². The van der Waals surface area contributed by atoms with E-state index in [4.69, 9.17) is 16.3 Å². The van der Waals surface area contributed by atoms with Gasteiger partial charge in [0.25, 0.3) is 5.91 Å². The van der Waals surface area contributed by atoms with E-state index in [1.807, 2.05) is 32.0 Å². The molecule has 7 heteroatoms. The Morgan fingerprint density at radius 2 is 2.12 bits per heavy atom. The molecule has 134 valence electrons. The van der Waals surface area contributed by atoms with Crippen LogP contribution in [0.1, 0.15) is 26.3 Å². The van der Waals surface area contributed by atoms with Crippen LogP contribution in [-0.2, 0) is 14.3 Å². The van der Waals surface area contributed by atoms with Crippen molar-refractivity contribution < 1.29 is 14.3 Å². The van der Waals surface area contributed by atoms with E-state index in [2.05, 4.69) is 4.99 Å². The minimum Gasteiger partial charge on any atom is -0.465 e. The molecule has 1 aromatic rings. The summed E-state index contributed by atoms with van der Waals surface area (Å²) in [5.74, 6) is -0.110. The molecule has 0 N–H and O–H groups in total. The van der Waals surface area contributed by atoms with Crippen LogP contribution in [0.4, 0.5) is 0 Å². The molecule has 0 spiro atoms. The zero-order chi connectivity index (χ0) is 18.4. The highest BCUT2D eigenvalue weighted by Crippen LogP contribution is 2.27. The third-order valence-electron chi connectivity index (χ3n) is 3.28. The number of ether oxygens (including phenoxy) is 1. The third kappa shape index (κ3) is 5.34. The van der Waals surface area contributed by atoms with Crippen LogP contribution in [0, 0.1) is 5.92 Å². The maximum absolute atomic E-state index is 12.7. The van der Waals surface area contributed by atoms with Gasteiger partial charge in [0.15, 0.2) is 5.17 Å².